The summed E-state index contributed by atoms with van der Waals surface area (Å²) in [4.78, 5) is 8.03. The quantitative estimate of drug-likeness (QED) is 0.765. The van der Waals surface area contributed by atoms with E-state index in [1.54, 1.807) is 18.3 Å². The molecule has 0 radical (unpaired) electrons. The Morgan fingerprint density at radius 1 is 1.53 bits per heavy atom. The van der Waals surface area contributed by atoms with E-state index in [9.17, 15) is 5.11 Å². The van der Waals surface area contributed by atoms with Crippen molar-refractivity contribution in [3.63, 3.8) is 0 Å². The number of aromatic nitrogens is 1. The second-order valence-electron chi connectivity index (χ2n) is 4.60. The molecule has 4 nitrogen and oxygen atoms in total. The topological polar surface area (TPSA) is 54.7 Å². The van der Waals surface area contributed by atoms with Gasteiger partial charge in [0.25, 0.3) is 0 Å². The number of aromatic hydroxyl groups is 1. The van der Waals surface area contributed by atoms with E-state index in [1.165, 1.54) is 12.4 Å². The highest BCUT2D eigenvalue weighted by molar-refractivity contribution is 5.95. The highest BCUT2D eigenvalue weighted by Crippen LogP contribution is 2.47. The fourth-order valence-electron chi connectivity index (χ4n) is 2.07. The fourth-order valence-corrected chi connectivity index (χ4v) is 2.07. The second kappa shape index (κ2) is 6.29. The van der Waals surface area contributed by atoms with Gasteiger partial charge in [-0.05, 0) is 36.0 Å². The van der Waals surface area contributed by atoms with Gasteiger partial charge in [-0.2, -0.15) is 0 Å². The van der Waals surface area contributed by atoms with Gasteiger partial charge in [0.2, 0.25) is 0 Å². The van der Waals surface area contributed by atoms with Crippen LogP contribution in [0.15, 0.2) is 48.9 Å². The molecule has 1 aliphatic rings. The zero-order chi connectivity index (χ0) is 13.7. The molecule has 19 heavy (non-hydrogen) atoms. The summed E-state index contributed by atoms with van der Waals surface area (Å²) in [6.45, 7) is 8.35. The molecule has 0 amide bonds. The van der Waals surface area contributed by atoms with Crippen LogP contribution in [0.2, 0.25) is 0 Å². The van der Waals surface area contributed by atoms with Gasteiger partial charge < -0.3 is 9.84 Å². The zero-order valence-corrected chi connectivity index (χ0v) is 10.8. The van der Waals surface area contributed by atoms with Crippen molar-refractivity contribution in [1.29, 1.82) is 0 Å². The molecule has 2 atom stereocenters. The third-order valence-corrected chi connectivity index (χ3v) is 3.17. The Bertz CT molecular complexity index is 497. The summed E-state index contributed by atoms with van der Waals surface area (Å²) in [6.07, 6.45) is 7.48. The molecule has 0 bridgehead atoms. The molecule has 1 aromatic heterocycles. The van der Waals surface area contributed by atoms with E-state index in [0.717, 1.165) is 17.7 Å². The molecule has 1 N–H and O–H groups in total. The van der Waals surface area contributed by atoms with Crippen molar-refractivity contribution in [2.24, 2.45) is 10.9 Å². The number of nitrogens with zero attached hydrogens (tertiary/aromatic N) is 2. The van der Waals surface area contributed by atoms with Crippen LogP contribution >= 0.6 is 0 Å². The van der Waals surface area contributed by atoms with Crippen molar-refractivity contribution < 1.29 is 9.84 Å². The number of pyridine rings is 1. The molecule has 2 rings (SSSR count). The molecule has 1 saturated carbocycles. The maximum Gasteiger partial charge on any atom is 0.134 e. The minimum Gasteiger partial charge on any atom is -0.506 e. The molecule has 0 aromatic carbocycles. The van der Waals surface area contributed by atoms with Gasteiger partial charge in [0, 0.05) is 12.4 Å². The summed E-state index contributed by atoms with van der Waals surface area (Å²) >= 11 is 0. The summed E-state index contributed by atoms with van der Waals surface area (Å²) in [5.74, 6) is 1.16. The van der Waals surface area contributed by atoms with Crippen molar-refractivity contribution in [2.75, 3.05) is 13.2 Å². The van der Waals surface area contributed by atoms with E-state index < -0.39 is 0 Å². The van der Waals surface area contributed by atoms with Crippen LogP contribution in [0.3, 0.4) is 0 Å². The lowest BCUT2D eigenvalue weighted by atomic mass is 10.1. The molecule has 100 valence electrons. The number of rotatable bonds is 7. The van der Waals surface area contributed by atoms with Crippen LogP contribution < -0.4 is 0 Å². The van der Waals surface area contributed by atoms with E-state index in [2.05, 4.69) is 23.1 Å². The number of ether oxygens (including phenoxy) is 1. The van der Waals surface area contributed by atoms with Gasteiger partial charge in [-0.15, -0.1) is 0 Å². The Hall–Kier alpha value is -1.94. The van der Waals surface area contributed by atoms with Gasteiger partial charge >= 0.3 is 0 Å². The van der Waals surface area contributed by atoms with E-state index >= 15 is 0 Å². The molecular formula is C15H18N2O2. The Kier molecular flexibility index (Phi) is 4.47. The number of hydrogen-bond donors (Lipinski definition) is 1. The molecule has 1 fully saturated rings. The van der Waals surface area contributed by atoms with Crippen molar-refractivity contribution >= 4 is 5.71 Å². The van der Waals surface area contributed by atoms with Gasteiger partial charge in [-0.1, -0.05) is 13.2 Å². The van der Waals surface area contributed by atoms with E-state index in [4.69, 9.17) is 4.74 Å². The van der Waals surface area contributed by atoms with Crippen LogP contribution in [0.5, 0.6) is 5.75 Å². The molecule has 0 spiro atoms. The predicted octanol–water partition coefficient (Wildman–Crippen LogP) is 2.68. The average Bonchev–Trinajstić information content (AvgIpc) is 3.17. The third-order valence-electron chi connectivity index (χ3n) is 3.17. The fraction of sp³-hybridized carbons (Fsp3) is 0.333. The molecule has 2 unspecified atom stereocenters. The number of hydrogen-bond acceptors (Lipinski definition) is 4. The Balaban J connectivity index is 1.77. The zero-order valence-electron chi connectivity index (χ0n) is 10.8. The standard InChI is InChI=1S/C15H18N2O2/c1-3-13(17-4-2)10-19-9-12-6-15(12)11-5-14(18)8-16-7-11/h3-5,7-8,12,15,18H,1-2,6,9-10H2. The summed E-state index contributed by atoms with van der Waals surface area (Å²) in [5.41, 5.74) is 1.86. The SMILES string of the molecule is C=CN=C(C=C)COCC1CC1c1cncc(O)c1. The lowest BCUT2D eigenvalue weighted by molar-refractivity contribution is 0.159. The van der Waals surface area contributed by atoms with Crippen molar-refractivity contribution in [3.05, 3.63) is 49.5 Å². The molecule has 1 aliphatic carbocycles. The maximum atomic E-state index is 9.39. The van der Waals surface area contributed by atoms with Gasteiger partial charge in [0.15, 0.2) is 0 Å². The number of aliphatic imine (C=N–C) groups is 1. The Labute approximate surface area is 113 Å². The minimum absolute atomic E-state index is 0.219. The molecule has 1 aromatic rings. The summed E-state index contributed by atoms with van der Waals surface area (Å²) < 4.78 is 5.61. The monoisotopic (exact) mass is 258 g/mol. The highest BCUT2D eigenvalue weighted by Gasteiger charge is 2.38. The summed E-state index contributed by atoms with van der Waals surface area (Å²) in [7, 11) is 0. The van der Waals surface area contributed by atoms with Gasteiger partial charge in [0.1, 0.15) is 5.75 Å². The highest BCUT2D eigenvalue weighted by atomic mass is 16.5. The van der Waals surface area contributed by atoms with Crippen LogP contribution in [-0.4, -0.2) is 29.0 Å². The van der Waals surface area contributed by atoms with Crippen molar-refractivity contribution in [3.8, 4) is 5.75 Å². The predicted molar refractivity (Wildman–Crippen MR) is 75.4 cm³/mol. The first-order chi connectivity index (χ1) is 9.24. The van der Waals surface area contributed by atoms with Gasteiger partial charge in [0.05, 0.1) is 25.1 Å². The molecule has 1 heterocycles. The van der Waals surface area contributed by atoms with E-state index in [-0.39, 0.29) is 5.75 Å². The van der Waals surface area contributed by atoms with Crippen LogP contribution in [-0.2, 0) is 4.74 Å². The Morgan fingerprint density at radius 3 is 3.05 bits per heavy atom. The van der Waals surface area contributed by atoms with Crippen LogP contribution in [0.1, 0.15) is 17.9 Å². The second-order valence-corrected chi connectivity index (χ2v) is 4.60. The van der Waals surface area contributed by atoms with E-state index in [0.29, 0.717) is 25.0 Å². The van der Waals surface area contributed by atoms with Crippen molar-refractivity contribution in [1.82, 2.24) is 4.98 Å². The first-order valence-corrected chi connectivity index (χ1v) is 6.26. The average molecular weight is 258 g/mol. The summed E-state index contributed by atoms with van der Waals surface area (Å²) in [5, 5.41) is 9.39. The normalized spacial score (nSPS) is 22.0. The first-order valence-electron chi connectivity index (χ1n) is 6.26. The van der Waals surface area contributed by atoms with Crippen molar-refractivity contribution in [2.45, 2.75) is 12.3 Å². The van der Waals surface area contributed by atoms with Crippen LogP contribution in [0.4, 0.5) is 0 Å². The van der Waals surface area contributed by atoms with E-state index in [1.807, 2.05) is 0 Å². The molecule has 0 saturated heterocycles. The summed E-state index contributed by atoms with van der Waals surface area (Å²) in [6, 6.07) is 1.77. The maximum absolute atomic E-state index is 9.39. The first kappa shape index (κ1) is 13.5. The van der Waals surface area contributed by atoms with Crippen LogP contribution in [0.25, 0.3) is 0 Å². The minimum atomic E-state index is 0.219. The lowest BCUT2D eigenvalue weighted by Gasteiger charge is -2.04. The third kappa shape index (κ3) is 3.76. The smallest absolute Gasteiger partial charge is 0.134 e. The lowest BCUT2D eigenvalue weighted by Crippen LogP contribution is -2.08. The van der Waals surface area contributed by atoms with Crippen LogP contribution in [0, 0.1) is 5.92 Å². The molecule has 4 heteroatoms. The Morgan fingerprint density at radius 2 is 2.37 bits per heavy atom. The van der Waals surface area contributed by atoms with Gasteiger partial charge in [-0.25, -0.2) is 0 Å². The molecule has 0 aliphatic heterocycles. The van der Waals surface area contributed by atoms with Gasteiger partial charge in [-0.3, -0.25) is 9.98 Å². The molecular weight excluding hydrogens is 240 g/mol. The largest absolute Gasteiger partial charge is 0.506 e.